The van der Waals surface area contributed by atoms with Gasteiger partial charge < -0.3 is 4.90 Å². The fourth-order valence-corrected chi connectivity index (χ4v) is 3.61. The van der Waals surface area contributed by atoms with Gasteiger partial charge in [0.15, 0.2) is 0 Å². The molecular formula is C22H19N3O2. The van der Waals surface area contributed by atoms with Crippen LogP contribution in [0.25, 0.3) is 0 Å². The van der Waals surface area contributed by atoms with Crippen LogP contribution in [0.2, 0.25) is 0 Å². The van der Waals surface area contributed by atoms with Crippen LogP contribution in [0.4, 0.5) is 5.69 Å². The molecule has 1 aliphatic heterocycles. The average molecular weight is 357 g/mol. The second-order valence-electron chi connectivity index (χ2n) is 6.58. The minimum Gasteiger partial charge on any atom is -0.350 e. The minimum absolute atomic E-state index is 0.0304. The normalized spacial score (nSPS) is 19.0. The van der Waals surface area contributed by atoms with Crippen molar-refractivity contribution in [2.75, 3.05) is 7.05 Å². The van der Waals surface area contributed by atoms with Crippen LogP contribution in [0, 0.1) is 10.1 Å². The number of amidine groups is 1. The van der Waals surface area contributed by atoms with Gasteiger partial charge in [0.2, 0.25) is 0 Å². The lowest BCUT2D eigenvalue weighted by Crippen LogP contribution is -2.28. The molecule has 0 amide bonds. The third kappa shape index (κ3) is 3.19. The quantitative estimate of drug-likeness (QED) is 0.499. The lowest BCUT2D eigenvalue weighted by atomic mass is 9.94. The first-order valence-electron chi connectivity index (χ1n) is 8.80. The number of rotatable bonds is 4. The molecule has 134 valence electrons. The zero-order chi connectivity index (χ0) is 18.8. The smallest absolute Gasteiger partial charge is 0.269 e. The maximum absolute atomic E-state index is 11.0. The van der Waals surface area contributed by atoms with Gasteiger partial charge in [0, 0.05) is 24.7 Å². The molecule has 5 nitrogen and oxygen atoms in total. The van der Waals surface area contributed by atoms with Crippen LogP contribution < -0.4 is 0 Å². The fourth-order valence-electron chi connectivity index (χ4n) is 3.61. The van der Waals surface area contributed by atoms with Gasteiger partial charge in [-0.3, -0.25) is 15.1 Å². The highest BCUT2D eigenvalue weighted by Crippen LogP contribution is 2.42. The molecular weight excluding hydrogens is 338 g/mol. The molecule has 0 saturated carbocycles. The molecule has 3 aromatic rings. The number of hydrogen-bond acceptors (Lipinski definition) is 4. The number of nitro groups is 1. The van der Waals surface area contributed by atoms with Gasteiger partial charge in [-0.2, -0.15) is 0 Å². The van der Waals surface area contributed by atoms with E-state index in [0.29, 0.717) is 0 Å². The van der Waals surface area contributed by atoms with Crippen molar-refractivity contribution in [1.82, 2.24) is 4.90 Å². The van der Waals surface area contributed by atoms with Crippen LogP contribution in [0.1, 0.15) is 28.8 Å². The minimum atomic E-state index is -0.377. The summed E-state index contributed by atoms with van der Waals surface area (Å²) >= 11 is 0. The summed E-state index contributed by atoms with van der Waals surface area (Å²) in [5, 5.41) is 11.0. The van der Waals surface area contributed by atoms with E-state index in [4.69, 9.17) is 4.99 Å². The molecule has 5 heteroatoms. The predicted molar refractivity (Wildman–Crippen MR) is 106 cm³/mol. The summed E-state index contributed by atoms with van der Waals surface area (Å²) in [6, 6.07) is 27.0. The van der Waals surface area contributed by atoms with Crippen LogP contribution in [-0.4, -0.2) is 22.7 Å². The highest BCUT2D eigenvalue weighted by Gasteiger charge is 2.36. The van der Waals surface area contributed by atoms with E-state index in [0.717, 1.165) is 22.5 Å². The Morgan fingerprint density at radius 2 is 1.44 bits per heavy atom. The van der Waals surface area contributed by atoms with Gasteiger partial charge in [0.1, 0.15) is 11.9 Å². The summed E-state index contributed by atoms with van der Waals surface area (Å²) in [7, 11) is 2.05. The van der Waals surface area contributed by atoms with E-state index in [1.807, 2.05) is 48.5 Å². The molecule has 0 radical (unpaired) electrons. The Labute approximate surface area is 157 Å². The van der Waals surface area contributed by atoms with Crippen LogP contribution in [0.3, 0.4) is 0 Å². The van der Waals surface area contributed by atoms with Gasteiger partial charge in [-0.1, -0.05) is 60.7 Å². The third-order valence-corrected chi connectivity index (χ3v) is 4.93. The number of hydrogen-bond donors (Lipinski definition) is 0. The molecule has 27 heavy (non-hydrogen) atoms. The van der Waals surface area contributed by atoms with E-state index < -0.39 is 0 Å². The summed E-state index contributed by atoms with van der Waals surface area (Å²) in [6.45, 7) is 0. The summed E-state index contributed by atoms with van der Waals surface area (Å²) < 4.78 is 0. The lowest BCUT2D eigenvalue weighted by Gasteiger charge is -2.27. The molecule has 0 fully saturated rings. The summed E-state index contributed by atoms with van der Waals surface area (Å²) in [5.74, 6) is 0.924. The first kappa shape index (κ1) is 17.0. The molecule has 0 aromatic heterocycles. The van der Waals surface area contributed by atoms with E-state index in [1.54, 1.807) is 12.1 Å². The number of aliphatic imine (C=N–C) groups is 1. The maximum atomic E-state index is 11.0. The van der Waals surface area contributed by atoms with Crippen molar-refractivity contribution in [3.8, 4) is 0 Å². The van der Waals surface area contributed by atoms with Crippen molar-refractivity contribution < 1.29 is 4.92 Å². The Morgan fingerprint density at radius 1 is 0.852 bits per heavy atom. The van der Waals surface area contributed by atoms with Crippen LogP contribution in [0.15, 0.2) is 89.9 Å². The Kier molecular flexibility index (Phi) is 4.42. The van der Waals surface area contributed by atoms with Gasteiger partial charge in [-0.25, -0.2) is 0 Å². The van der Waals surface area contributed by atoms with Gasteiger partial charge in [0.25, 0.3) is 5.69 Å². The van der Waals surface area contributed by atoms with Crippen molar-refractivity contribution in [2.24, 2.45) is 4.99 Å². The molecule has 3 aromatic carbocycles. The number of non-ortho nitro benzene ring substituents is 1. The fraction of sp³-hybridized carbons (Fsp3) is 0.136. The number of nitro benzene ring substituents is 1. The van der Waals surface area contributed by atoms with Gasteiger partial charge >= 0.3 is 0 Å². The maximum Gasteiger partial charge on any atom is 0.269 e. The Morgan fingerprint density at radius 3 is 2.04 bits per heavy atom. The highest BCUT2D eigenvalue weighted by molar-refractivity contribution is 6.00. The van der Waals surface area contributed by atoms with E-state index in [-0.39, 0.29) is 22.7 Å². The number of benzene rings is 3. The van der Waals surface area contributed by atoms with Crippen molar-refractivity contribution >= 4 is 11.5 Å². The largest absolute Gasteiger partial charge is 0.350 e. The van der Waals surface area contributed by atoms with E-state index in [9.17, 15) is 10.1 Å². The molecule has 4 rings (SSSR count). The van der Waals surface area contributed by atoms with E-state index in [2.05, 4.69) is 36.2 Å². The Balaban J connectivity index is 1.79. The standard InChI is InChI=1S/C22H19N3O2/c1-24-21(17-8-4-2-5-9-17)20(16-12-14-19(15-13-16)25(26)27)23-22(24)18-10-6-3-7-11-18/h2-15,20-21H,1H3. The monoisotopic (exact) mass is 357 g/mol. The summed E-state index contributed by atoms with van der Waals surface area (Å²) in [4.78, 5) is 17.8. The average Bonchev–Trinajstić information content (AvgIpc) is 3.06. The zero-order valence-electron chi connectivity index (χ0n) is 14.9. The predicted octanol–water partition coefficient (Wildman–Crippen LogP) is 4.77. The van der Waals surface area contributed by atoms with Gasteiger partial charge in [0.05, 0.1) is 11.0 Å². The molecule has 2 atom stereocenters. The molecule has 0 bridgehead atoms. The van der Waals surface area contributed by atoms with Crippen LogP contribution in [-0.2, 0) is 0 Å². The van der Waals surface area contributed by atoms with Crippen molar-refractivity contribution in [1.29, 1.82) is 0 Å². The van der Waals surface area contributed by atoms with Crippen molar-refractivity contribution in [3.05, 3.63) is 112 Å². The zero-order valence-corrected chi connectivity index (χ0v) is 14.9. The van der Waals surface area contributed by atoms with Crippen LogP contribution in [0.5, 0.6) is 0 Å². The molecule has 0 spiro atoms. The first-order valence-corrected chi connectivity index (χ1v) is 8.80. The molecule has 2 unspecified atom stereocenters. The third-order valence-electron chi connectivity index (χ3n) is 4.93. The summed E-state index contributed by atoms with van der Waals surface area (Å²) in [5.41, 5.74) is 3.28. The molecule has 0 saturated heterocycles. The van der Waals surface area contributed by atoms with Crippen molar-refractivity contribution in [3.63, 3.8) is 0 Å². The Hall–Kier alpha value is -3.47. The topological polar surface area (TPSA) is 58.7 Å². The lowest BCUT2D eigenvalue weighted by molar-refractivity contribution is -0.384. The first-order chi connectivity index (χ1) is 13.1. The highest BCUT2D eigenvalue weighted by atomic mass is 16.6. The number of likely N-dealkylation sites (N-methyl/N-ethyl adjacent to an activating group) is 1. The second-order valence-corrected chi connectivity index (χ2v) is 6.58. The summed E-state index contributed by atoms with van der Waals surface area (Å²) in [6.07, 6.45) is 0. The second kappa shape index (κ2) is 7.03. The van der Waals surface area contributed by atoms with Gasteiger partial charge in [-0.05, 0) is 23.3 Å². The Bertz CT molecular complexity index is 969. The van der Waals surface area contributed by atoms with Gasteiger partial charge in [-0.15, -0.1) is 0 Å². The van der Waals surface area contributed by atoms with E-state index in [1.165, 1.54) is 0 Å². The molecule has 0 N–H and O–H groups in total. The molecule has 1 aliphatic rings. The number of nitrogens with zero attached hydrogens (tertiary/aromatic N) is 3. The molecule has 1 heterocycles. The SMILES string of the molecule is CN1C(c2ccccc2)=NC(c2ccc([N+](=O)[O-])cc2)C1c1ccccc1. The molecule has 0 aliphatic carbocycles. The van der Waals surface area contributed by atoms with Crippen molar-refractivity contribution in [2.45, 2.75) is 12.1 Å². The van der Waals surface area contributed by atoms with Crippen LogP contribution >= 0.6 is 0 Å². The van der Waals surface area contributed by atoms with E-state index >= 15 is 0 Å².